The van der Waals surface area contributed by atoms with Gasteiger partial charge in [-0.2, -0.15) is 0 Å². The summed E-state index contributed by atoms with van der Waals surface area (Å²) in [5.41, 5.74) is 1.51. The van der Waals surface area contributed by atoms with Gasteiger partial charge in [-0.25, -0.2) is 0 Å². The lowest BCUT2D eigenvalue weighted by Crippen LogP contribution is -2.57. The first-order valence-corrected chi connectivity index (χ1v) is 7.83. The van der Waals surface area contributed by atoms with Gasteiger partial charge < -0.3 is 10.1 Å². The Labute approximate surface area is 123 Å². The van der Waals surface area contributed by atoms with E-state index >= 15 is 0 Å². The van der Waals surface area contributed by atoms with Crippen molar-refractivity contribution in [1.29, 1.82) is 0 Å². The molecule has 3 nitrogen and oxygen atoms in total. The van der Waals surface area contributed by atoms with E-state index in [9.17, 15) is 0 Å². The molecule has 112 valence electrons. The highest BCUT2D eigenvalue weighted by Crippen LogP contribution is 2.34. The van der Waals surface area contributed by atoms with E-state index in [2.05, 4.69) is 61.3 Å². The van der Waals surface area contributed by atoms with Crippen LogP contribution in [0.1, 0.15) is 38.8 Å². The number of nitrogens with one attached hydrogen (secondary N) is 1. The molecule has 1 aliphatic rings. The largest absolute Gasteiger partial charge is 0.379 e. The predicted octanol–water partition coefficient (Wildman–Crippen LogP) is 2.84. The van der Waals surface area contributed by atoms with E-state index in [4.69, 9.17) is 4.74 Å². The van der Waals surface area contributed by atoms with Crippen LogP contribution in [-0.2, 0) is 4.74 Å². The second-order valence-corrected chi connectivity index (χ2v) is 5.71. The summed E-state index contributed by atoms with van der Waals surface area (Å²) in [5.74, 6) is 0. The maximum atomic E-state index is 5.52. The Balaban J connectivity index is 2.28. The number of benzene rings is 1. The molecule has 0 spiro atoms. The van der Waals surface area contributed by atoms with Gasteiger partial charge in [0, 0.05) is 18.6 Å². The van der Waals surface area contributed by atoms with Gasteiger partial charge in [-0.05, 0) is 25.5 Å². The summed E-state index contributed by atoms with van der Waals surface area (Å²) in [6.45, 7) is 11.6. The Hall–Kier alpha value is -0.900. The van der Waals surface area contributed by atoms with Gasteiger partial charge in [0.2, 0.25) is 0 Å². The molecule has 1 aromatic carbocycles. The summed E-state index contributed by atoms with van der Waals surface area (Å²) < 4.78 is 5.52. The van der Waals surface area contributed by atoms with Crippen molar-refractivity contribution in [3.63, 3.8) is 0 Å². The Morgan fingerprint density at radius 3 is 2.40 bits per heavy atom. The van der Waals surface area contributed by atoms with E-state index in [1.807, 2.05) is 0 Å². The van der Waals surface area contributed by atoms with Crippen molar-refractivity contribution in [2.24, 2.45) is 0 Å². The Bertz CT molecular complexity index is 389. The van der Waals surface area contributed by atoms with Crippen LogP contribution < -0.4 is 5.32 Å². The van der Waals surface area contributed by atoms with Crippen LogP contribution in [0.3, 0.4) is 0 Å². The molecule has 0 bridgehead atoms. The van der Waals surface area contributed by atoms with Crippen molar-refractivity contribution in [2.75, 3.05) is 32.8 Å². The number of rotatable bonds is 6. The van der Waals surface area contributed by atoms with E-state index in [1.54, 1.807) is 0 Å². The maximum Gasteiger partial charge on any atom is 0.0594 e. The van der Waals surface area contributed by atoms with Crippen molar-refractivity contribution in [2.45, 2.75) is 38.8 Å². The number of morpholine rings is 1. The zero-order chi connectivity index (χ0) is 14.4. The lowest BCUT2D eigenvalue weighted by Gasteiger charge is -2.48. The van der Waals surface area contributed by atoms with Crippen molar-refractivity contribution < 1.29 is 4.74 Å². The molecule has 20 heavy (non-hydrogen) atoms. The molecular formula is C17H28N2O. The molecule has 1 aliphatic heterocycles. The molecule has 1 heterocycles. The zero-order valence-electron chi connectivity index (χ0n) is 13.1. The third kappa shape index (κ3) is 3.22. The van der Waals surface area contributed by atoms with Gasteiger partial charge in [-0.1, -0.05) is 44.2 Å². The fourth-order valence-corrected chi connectivity index (χ4v) is 3.23. The Kier molecular flexibility index (Phi) is 5.58. The number of likely N-dealkylation sites (N-methyl/N-ethyl adjacent to an activating group) is 1. The fourth-order valence-electron chi connectivity index (χ4n) is 3.23. The second kappa shape index (κ2) is 7.21. The third-order valence-electron chi connectivity index (χ3n) is 4.61. The molecular weight excluding hydrogens is 248 g/mol. The number of hydrogen-bond donors (Lipinski definition) is 1. The minimum Gasteiger partial charge on any atom is -0.379 e. The fraction of sp³-hybridized carbons (Fsp3) is 0.647. The summed E-state index contributed by atoms with van der Waals surface area (Å²) in [6.07, 6.45) is 1.12. The number of ether oxygens (including phenoxy) is 1. The van der Waals surface area contributed by atoms with Crippen LogP contribution in [0.2, 0.25) is 0 Å². The first kappa shape index (κ1) is 15.5. The summed E-state index contributed by atoms with van der Waals surface area (Å²) >= 11 is 0. The van der Waals surface area contributed by atoms with Gasteiger partial charge in [-0.3, -0.25) is 4.90 Å². The van der Waals surface area contributed by atoms with Crippen molar-refractivity contribution in [3.8, 4) is 0 Å². The molecule has 2 unspecified atom stereocenters. The molecule has 0 amide bonds. The van der Waals surface area contributed by atoms with Crippen LogP contribution in [-0.4, -0.2) is 43.3 Å². The van der Waals surface area contributed by atoms with Crippen molar-refractivity contribution in [1.82, 2.24) is 10.2 Å². The smallest absolute Gasteiger partial charge is 0.0594 e. The molecule has 3 heteroatoms. The summed E-state index contributed by atoms with van der Waals surface area (Å²) in [5, 5.41) is 3.71. The topological polar surface area (TPSA) is 24.5 Å². The highest BCUT2D eigenvalue weighted by Gasteiger charge is 2.39. The van der Waals surface area contributed by atoms with Gasteiger partial charge in [-0.15, -0.1) is 0 Å². The lowest BCUT2D eigenvalue weighted by atomic mass is 9.82. The van der Waals surface area contributed by atoms with Crippen molar-refractivity contribution >= 4 is 0 Å². The first-order chi connectivity index (χ1) is 9.72. The zero-order valence-corrected chi connectivity index (χ0v) is 13.1. The van der Waals surface area contributed by atoms with Crippen LogP contribution in [0.5, 0.6) is 0 Å². The minimum absolute atomic E-state index is 0.126. The van der Waals surface area contributed by atoms with Crippen LogP contribution in [0, 0.1) is 0 Å². The molecule has 0 radical (unpaired) electrons. The van der Waals surface area contributed by atoms with Gasteiger partial charge in [0.15, 0.2) is 0 Å². The molecule has 1 fully saturated rings. The van der Waals surface area contributed by atoms with Crippen LogP contribution in [0.15, 0.2) is 30.3 Å². The highest BCUT2D eigenvalue weighted by atomic mass is 16.5. The van der Waals surface area contributed by atoms with Crippen LogP contribution >= 0.6 is 0 Å². The molecule has 0 aromatic heterocycles. The van der Waals surface area contributed by atoms with E-state index in [1.165, 1.54) is 5.56 Å². The van der Waals surface area contributed by atoms with E-state index < -0.39 is 0 Å². The molecule has 0 aliphatic carbocycles. The van der Waals surface area contributed by atoms with E-state index in [0.29, 0.717) is 6.04 Å². The molecule has 1 N–H and O–H groups in total. The normalized spacial score (nSPS) is 21.4. The monoisotopic (exact) mass is 276 g/mol. The SMILES string of the molecule is CCNC(c1ccccc1)C(C)(CC)N1CCOCC1. The quantitative estimate of drug-likeness (QED) is 0.864. The van der Waals surface area contributed by atoms with Crippen molar-refractivity contribution in [3.05, 3.63) is 35.9 Å². The van der Waals surface area contributed by atoms with Gasteiger partial charge >= 0.3 is 0 Å². The molecule has 2 atom stereocenters. The molecule has 2 rings (SSSR count). The first-order valence-electron chi connectivity index (χ1n) is 7.83. The predicted molar refractivity (Wildman–Crippen MR) is 83.9 cm³/mol. The summed E-state index contributed by atoms with van der Waals surface area (Å²) in [7, 11) is 0. The Morgan fingerprint density at radius 2 is 1.85 bits per heavy atom. The average molecular weight is 276 g/mol. The number of hydrogen-bond acceptors (Lipinski definition) is 3. The molecule has 1 aromatic rings. The second-order valence-electron chi connectivity index (χ2n) is 5.71. The van der Waals surface area contributed by atoms with Gasteiger partial charge in [0.25, 0.3) is 0 Å². The lowest BCUT2D eigenvalue weighted by molar-refractivity contribution is -0.0327. The third-order valence-corrected chi connectivity index (χ3v) is 4.61. The van der Waals surface area contributed by atoms with Crippen LogP contribution in [0.4, 0.5) is 0 Å². The maximum absolute atomic E-state index is 5.52. The summed E-state index contributed by atoms with van der Waals surface area (Å²) in [6, 6.07) is 11.2. The standard InChI is InChI=1S/C17H28N2O/c1-4-17(3,19-11-13-20-14-12-19)16(18-5-2)15-9-7-6-8-10-15/h6-10,16,18H,4-5,11-14H2,1-3H3. The molecule has 0 saturated carbocycles. The molecule has 1 saturated heterocycles. The summed E-state index contributed by atoms with van der Waals surface area (Å²) in [4.78, 5) is 2.59. The van der Waals surface area contributed by atoms with E-state index in [-0.39, 0.29) is 5.54 Å². The number of nitrogens with zero attached hydrogens (tertiary/aromatic N) is 1. The highest BCUT2D eigenvalue weighted by molar-refractivity contribution is 5.23. The van der Waals surface area contributed by atoms with Crippen LogP contribution in [0.25, 0.3) is 0 Å². The Morgan fingerprint density at radius 1 is 1.20 bits per heavy atom. The van der Waals surface area contributed by atoms with Gasteiger partial charge in [0.1, 0.15) is 0 Å². The average Bonchev–Trinajstić information content (AvgIpc) is 2.53. The van der Waals surface area contributed by atoms with Gasteiger partial charge in [0.05, 0.1) is 19.3 Å². The minimum atomic E-state index is 0.126. The van der Waals surface area contributed by atoms with E-state index in [0.717, 1.165) is 39.3 Å².